The Bertz CT molecular complexity index is 358. The molecule has 0 aliphatic carbocycles. The molecule has 1 atom stereocenters. The lowest BCUT2D eigenvalue weighted by Crippen LogP contribution is -2.40. The molecule has 5 heteroatoms. The Hall–Kier alpha value is -1.10. The number of aromatic nitrogens is 2. The van der Waals surface area contributed by atoms with Crippen molar-refractivity contribution in [1.82, 2.24) is 15.0 Å². The molecule has 2 heterocycles. The maximum Gasteiger partial charge on any atom is 0.438 e. The zero-order valence-electron chi connectivity index (χ0n) is 9.03. The molecular weight excluding hydrogens is 194 g/mol. The summed E-state index contributed by atoms with van der Waals surface area (Å²) in [6, 6.07) is 0.504. The summed E-state index contributed by atoms with van der Waals surface area (Å²) >= 11 is 0. The molecule has 5 nitrogen and oxygen atoms in total. The van der Waals surface area contributed by atoms with Gasteiger partial charge in [0.2, 0.25) is 0 Å². The number of likely N-dealkylation sites (tertiary alicyclic amines) is 1. The number of nitrogens with one attached hydrogen (secondary N) is 1. The minimum atomic E-state index is -0.455. The van der Waals surface area contributed by atoms with E-state index in [-0.39, 0.29) is 0 Å². The van der Waals surface area contributed by atoms with Crippen molar-refractivity contribution in [1.29, 1.82) is 0 Å². The van der Waals surface area contributed by atoms with Gasteiger partial charge in [-0.15, -0.1) is 0 Å². The quantitative estimate of drug-likeness (QED) is 0.802. The fourth-order valence-electron chi connectivity index (χ4n) is 2.28. The molecule has 84 valence electrons. The normalized spacial score (nSPS) is 23.1. The molecule has 15 heavy (non-hydrogen) atoms. The SMILES string of the molecule is CCN1CCCCC1Cc1noc(=O)[nH]1. The molecule has 0 bridgehead atoms. The summed E-state index contributed by atoms with van der Waals surface area (Å²) in [5.74, 6) is 0.217. The number of likely N-dealkylation sites (N-methyl/N-ethyl adjacent to an activating group) is 1. The summed E-state index contributed by atoms with van der Waals surface area (Å²) in [5.41, 5.74) is 0. The minimum Gasteiger partial charge on any atom is -0.300 e. The summed E-state index contributed by atoms with van der Waals surface area (Å²) in [6.45, 7) is 4.39. The van der Waals surface area contributed by atoms with Gasteiger partial charge in [0.15, 0.2) is 5.82 Å². The third-order valence-corrected chi connectivity index (χ3v) is 3.07. The Morgan fingerprint density at radius 1 is 1.60 bits per heavy atom. The molecule has 1 unspecified atom stereocenters. The Morgan fingerprint density at radius 2 is 2.47 bits per heavy atom. The Kier molecular flexibility index (Phi) is 3.20. The summed E-state index contributed by atoms with van der Waals surface area (Å²) < 4.78 is 4.50. The molecule has 0 radical (unpaired) electrons. The van der Waals surface area contributed by atoms with E-state index in [9.17, 15) is 4.79 Å². The lowest BCUT2D eigenvalue weighted by Gasteiger charge is -2.34. The topological polar surface area (TPSA) is 62.1 Å². The second-order valence-electron chi connectivity index (χ2n) is 4.02. The van der Waals surface area contributed by atoms with Crippen molar-refractivity contribution in [2.45, 2.75) is 38.6 Å². The van der Waals surface area contributed by atoms with Crippen LogP contribution in [0, 0.1) is 0 Å². The van der Waals surface area contributed by atoms with E-state index in [1.54, 1.807) is 0 Å². The van der Waals surface area contributed by atoms with Crippen molar-refractivity contribution in [3.05, 3.63) is 16.4 Å². The molecule has 0 spiro atoms. The van der Waals surface area contributed by atoms with Crippen molar-refractivity contribution in [2.24, 2.45) is 0 Å². The average molecular weight is 211 g/mol. The van der Waals surface area contributed by atoms with E-state index in [1.165, 1.54) is 19.3 Å². The third-order valence-electron chi connectivity index (χ3n) is 3.07. The standard InChI is InChI=1S/C10H17N3O2/c1-2-13-6-4-3-5-8(13)7-9-11-10(14)15-12-9/h8H,2-7H2,1H3,(H,11,12,14). The van der Waals surface area contributed by atoms with Gasteiger partial charge in [0.25, 0.3) is 0 Å². The van der Waals surface area contributed by atoms with Gasteiger partial charge in [-0.1, -0.05) is 18.5 Å². The molecule has 0 saturated carbocycles. The maximum absolute atomic E-state index is 10.8. The van der Waals surface area contributed by atoms with E-state index >= 15 is 0 Å². The zero-order chi connectivity index (χ0) is 10.7. The molecular formula is C10H17N3O2. The Balaban J connectivity index is 2.00. The van der Waals surface area contributed by atoms with E-state index in [0.717, 1.165) is 19.5 Å². The van der Waals surface area contributed by atoms with Crippen LogP contribution in [0.3, 0.4) is 0 Å². The maximum atomic E-state index is 10.8. The summed E-state index contributed by atoms with van der Waals surface area (Å²) in [7, 11) is 0. The van der Waals surface area contributed by atoms with Gasteiger partial charge < -0.3 is 4.90 Å². The molecule has 1 aliphatic rings. The smallest absolute Gasteiger partial charge is 0.300 e. The predicted molar refractivity (Wildman–Crippen MR) is 55.7 cm³/mol. The fraction of sp³-hybridized carbons (Fsp3) is 0.800. The zero-order valence-corrected chi connectivity index (χ0v) is 9.03. The number of aromatic amines is 1. The van der Waals surface area contributed by atoms with Gasteiger partial charge in [0, 0.05) is 12.5 Å². The van der Waals surface area contributed by atoms with Crippen molar-refractivity contribution in [3.8, 4) is 0 Å². The highest BCUT2D eigenvalue weighted by Gasteiger charge is 2.22. The van der Waals surface area contributed by atoms with Gasteiger partial charge in [-0.25, -0.2) is 4.79 Å². The summed E-state index contributed by atoms with van der Waals surface area (Å²) in [6.07, 6.45) is 4.52. The van der Waals surface area contributed by atoms with E-state index in [2.05, 4.69) is 26.5 Å². The first kappa shape index (κ1) is 10.4. The lowest BCUT2D eigenvalue weighted by molar-refractivity contribution is 0.153. The van der Waals surface area contributed by atoms with E-state index < -0.39 is 5.76 Å². The predicted octanol–water partition coefficient (Wildman–Crippen LogP) is 0.780. The van der Waals surface area contributed by atoms with Crippen LogP contribution in [-0.4, -0.2) is 34.2 Å². The largest absolute Gasteiger partial charge is 0.438 e. The minimum absolute atomic E-state index is 0.455. The van der Waals surface area contributed by atoms with Gasteiger partial charge in [-0.3, -0.25) is 9.51 Å². The molecule has 0 amide bonds. The molecule has 1 aromatic heterocycles. The summed E-state index contributed by atoms with van der Waals surface area (Å²) in [5, 5.41) is 3.71. The van der Waals surface area contributed by atoms with Crippen LogP contribution in [0.25, 0.3) is 0 Å². The van der Waals surface area contributed by atoms with Crippen molar-refractivity contribution < 1.29 is 4.52 Å². The van der Waals surface area contributed by atoms with Crippen LogP contribution >= 0.6 is 0 Å². The summed E-state index contributed by atoms with van der Waals surface area (Å²) in [4.78, 5) is 15.8. The van der Waals surface area contributed by atoms with Crippen LogP contribution in [0.5, 0.6) is 0 Å². The second kappa shape index (κ2) is 4.61. The van der Waals surface area contributed by atoms with Crippen molar-refractivity contribution in [3.63, 3.8) is 0 Å². The van der Waals surface area contributed by atoms with Crippen LogP contribution in [0.1, 0.15) is 32.0 Å². The van der Waals surface area contributed by atoms with E-state index in [4.69, 9.17) is 0 Å². The highest BCUT2D eigenvalue weighted by atomic mass is 16.5. The first-order valence-corrected chi connectivity index (χ1v) is 5.58. The van der Waals surface area contributed by atoms with Gasteiger partial charge in [-0.2, -0.15) is 0 Å². The van der Waals surface area contributed by atoms with Crippen molar-refractivity contribution >= 4 is 0 Å². The first-order chi connectivity index (χ1) is 7.29. The Labute approximate surface area is 88.5 Å². The van der Waals surface area contributed by atoms with Crippen LogP contribution in [0.2, 0.25) is 0 Å². The Morgan fingerprint density at radius 3 is 3.13 bits per heavy atom. The van der Waals surface area contributed by atoms with Crippen LogP contribution in [-0.2, 0) is 6.42 Å². The molecule has 1 fully saturated rings. The van der Waals surface area contributed by atoms with Gasteiger partial charge in [0.1, 0.15) is 0 Å². The molecule has 1 aromatic rings. The monoisotopic (exact) mass is 211 g/mol. The van der Waals surface area contributed by atoms with Crippen LogP contribution in [0.15, 0.2) is 9.32 Å². The van der Waals surface area contributed by atoms with E-state index in [1.807, 2.05) is 0 Å². The lowest BCUT2D eigenvalue weighted by atomic mass is 9.99. The van der Waals surface area contributed by atoms with Crippen LogP contribution in [0.4, 0.5) is 0 Å². The number of rotatable bonds is 3. The number of hydrogen-bond donors (Lipinski definition) is 1. The molecule has 1 aliphatic heterocycles. The van der Waals surface area contributed by atoms with E-state index in [0.29, 0.717) is 11.9 Å². The van der Waals surface area contributed by atoms with Gasteiger partial charge in [-0.05, 0) is 25.9 Å². The molecule has 1 saturated heterocycles. The van der Waals surface area contributed by atoms with Crippen molar-refractivity contribution in [2.75, 3.05) is 13.1 Å². The number of piperidine rings is 1. The third kappa shape index (κ3) is 2.47. The molecule has 2 rings (SSSR count). The number of H-pyrrole nitrogens is 1. The van der Waals surface area contributed by atoms with Gasteiger partial charge in [0.05, 0.1) is 0 Å². The number of nitrogens with zero attached hydrogens (tertiary/aromatic N) is 2. The van der Waals surface area contributed by atoms with Gasteiger partial charge >= 0.3 is 5.76 Å². The first-order valence-electron chi connectivity index (χ1n) is 5.58. The average Bonchev–Trinajstić information content (AvgIpc) is 2.65. The molecule has 0 aromatic carbocycles. The highest BCUT2D eigenvalue weighted by molar-refractivity contribution is 4.88. The van der Waals surface area contributed by atoms with Crippen LogP contribution < -0.4 is 5.76 Å². The highest BCUT2D eigenvalue weighted by Crippen LogP contribution is 2.18. The molecule has 1 N–H and O–H groups in total. The number of hydrogen-bond acceptors (Lipinski definition) is 4. The fourth-order valence-corrected chi connectivity index (χ4v) is 2.28. The second-order valence-corrected chi connectivity index (χ2v) is 4.02.